The highest BCUT2D eigenvalue weighted by atomic mass is 16.5. The quantitative estimate of drug-likeness (QED) is 0.693. The molecule has 0 aromatic heterocycles. The summed E-state index contributed by atoms with van der Waals surface area (Å²) in [7, 11) is 1.75. The summed E-state index contributed by atoms with van der Waals surface area (Å²) < 4.78 is 5.46. The second-order valence-electron chi connectivity index (χ2n) is 4.45. The maximum atomic E-state index is 6.10. The van der Waals surface area contributed by atoms with Crippen molar-refractivity contribution < 1.29 is 4.74 Å². The summed E-state index contributed by atoms with van der Waals surface area (Å²) in [6.45, 7) is 8.67. The van der Waals surface area contributed by atoms with E-state index >= 15 is 0 Å². The summed E-state index contributed by atoms with van der Waals surface area (Å²) in [6, 6.07) is 0.157. The van der Waals surface area contributed by atoms with Crippen molar-refractivity contribution in [3.05, 3.63) is 0 Å². The van der Waals surface area contributed by atoms with Crippen molar-refractivity contribution in [2.75, 3.05) is 7.11 Å². The molecule has 0 radical (unpaired) electrons. The number of hydrogen-bond acceptors (Lipinski definition) is 2. The highest BCUT2D eigenvalue weighted by Gasteiger charge is 2.29. The molecule has 0 aromatic carbocycles. The summed E-state index contributed by atoms with van der Waals surface area (Å²) in [5, 5.41) is 0. The van der Waals surface area contributed by atoms with Gasteiger partial charge >= 0.3 is 0 Å². The molecule has 2 atom stereocenters. The molecular weight excluding hydrogens is 162 g/mol. The van der Waals surface area contributed by atoms with Crippen LogP contribution in [0.25, 0.3) is 0 Å². The first-order valence-electron chi connectivity index (χ1n) is 5.27. The number of rotatable bonds is 6. The minimum Gasteiger partial charge on any atom is -0.377 e. The van der Waals surface area contributed by atoms with E-state index in [1.807, 2.05) is 0 Å². The molecule has 2 unspecified atom stereocenters. The molecule has 0 spiro atoms. The smallest absolute Gasteiger partial charge is 0.0798 e. The van der Waals surface area contributed by atoms with E-state index in [9.17, 15) is 0 Å². The highest BCUT2D eigenvalue weighted by Crippen LogP contribution is 2.22. The van der Waals surface area contributed by atoms with E-state index in [4.69, 9.17) is 10.5 Å². The van der Waals surface area contributed by atoms with E-state index in [0.717, 1.165) is 18.8 Å². The van der Waals surface area contributed by atoms with Gasteiger partial charge in [0.05, 0.1) is 5.60 Å². The number of methoxy groups -OCH3 is 1. The van der Waals surface area contributed by atoms with Crippen molar-refractivity contribution in [2.45, 2.75) is 58.6 Å². The van der Waals surface area contributed by atoms with Gasteiger partial charge in [-0.05, 0) is 32.1 Å². The second-order valence-corrected chi connectivity index (χ2v) is 4.45. The number of nitrogens with two attached hydrogens (primary N) is 1. The van der Waals surface area contributed by atoms with Crippen LogP contribution in [0.5, 0.6) is 0 Å². The fraction of sp³-hybridized carbons (Fsp3) is 1.00. The predicted molar refractivity (Wildman–Crippen MR) is 57.8 cm³/mol. The Kier molecular flexibility index (Phi) is 5.57. The van der Waals surface area contributed by atoms with Crippen LogP contribution in [0.3, 0.4) is 0 Å². The first kappa shape index (κ1) is 12.9. The Labute approximate surface area is 82.8 Å². The average Bonchev–Trinajstić information content (AvgIpc) is 2.12. The largest absolute Gasteiger partial charge is 0.377 e. The third-order valence-corrected chi connectivity index (χ3v) is 3.01. The van der Waals surface area contributed by atoms with Gasteiger partial charge in [-0.15, -0.1) is 0 Å². The molecule has 80 valence electrons. The maximum Gasteiger partial charge on any atom is 0.0798 e. The number of hydrogen-bond donors (Lipinski definition) is 1. The topological polar surface area (TPSA) is 35.2 Å². The van der Waals surface area contributed by atoms with Crippen LogP contribution in [0.2, 0.25) is 0 Å². The van der Waals surface area contributed by atoms with Crippen LogP contribution in [0, 0.1) is 5.92 Å². The summed E-state index contributed by atoms with van der Waals surface area (Å²) in [4.78, 5) is 0. The lowest BCUT2D eigenvalue weighted by Crippen LogP contribution is -2.46. The van der Waals surface area contributed by atoms with Crippen molar-refractivity contribution in [3.63, 3.8) is 0 Å². The molecule has 0 aliphatic carbocycles. The molecule has 13 heavy (non-hydrogen) atoms. The number of ether oxygens (including phenoxy) is 1. The van der Waals surface area contributed by atoms with Gasteiger partial charge in [0.2, 0.25) is 0 Å². The molecule has 0 bridgehead atoms. The van der Waals surface area contributed by atoms with Gasteiger partial charge in [0.25, 0.3) is 0 Å². The van der Waals surface area contributed by atoms with E-state index in [1.54, 1.807) is 7.11 Å². The van der Waals surface area contributed by atoms with Crippen LogP contribution in [-0.2, 0) is 4.74 Å². The summed E-state index contributed by atoms with van der Waals surface area (Å²) in [6.07, 6.45) is 3.21. The first-order valence-corrected chi connectivity index (χ1v) is 5.27. The Hall–Kier alpha value is -0.0800. The zero-order valence-electron chi connectivity index (χ0n) is 9.76. The monoisotopic (exact) mass is 187 g/mol. The fourth-order valence-electron chi connectivity index (χ4n) is 1.38. The van der Waals surface area contributed by atoms with E-state index in [-0.39, 0.29) is 11.6 Å². The fourth-order valence-corrected chi connectivity index (χ4v) is 1.38. The highest BCUT2D eigenvalue weighted by molar-refractivity contribution is 4.85. The summed E-state index contributed by atoms with van der Waals surface area (Å²) >= 11 is 0. The molecule has 2 N–H and O–H groups in total. The minimum atomic E-state index is -0.144. The molecular formula is C11H25NO. The normalized spacial score (nSPS) is 18.7. The van der Waals surface area contributed by atoms with Crippen molar-refractivity contribution in [1.29, 1.82) is 0 Å². The van der Waals surface area contributed by atoms with Gasteiger partial charge in [-0.3, -0.25) is 0 Å². The van der Waals surface area contributed by atoms with Crippen molar-refractivity contribution in [3.8, 4) is 0 Å². The third-order valence-electron chi connectivity index (χ3n) is 3.01. The third kappa shape index (κ3) is 4.10. The Morgan fingerprint density at radius 1 is 1.31 bits per heavy atom. The molecule has 0 saturated heterocycles. The standard InChI is InChI=1S/C11H25NO/c1-6-11(4,13-5)10(12)8-7-9(2)3/h9-10H,6-8,12H2,1-5H3. The van der Waals surface area contributed by atoms with Crippen LogP contribution >= 0.6 is 0 Å². The van der Waals surface area contributed by atoms with E-state index < -0.39 is 0 Å². The van der Waals surface area contributed by atoms with Crippen LogP contribution in [0.4, 0.5) is 0 Å². The molecule has 0 aliphatic rings. The van der Waals surface area contributed by atoms with Gasteiger partial charge in [-0.25, -0.2) is 0 Å². The Balaban J connectivity index is 3.99. The lowest BCUT2D eigenvalue weighted by Gasteiger charge is -2.33. The molecule has 0 heterocycles. The Morgan fingerprint density at radius 3 is 2.15 bits per heavy atom. The minimum absolute atomic E-state index is 0.144. The van der Waals surface area contributed by atoms with Gasteiger partial charge in [-0.2, -0.15) is 0 Å². The lowest BCUT2D eigenvalue weighted by molar-refractivity contribution is -0.0216. The van der Waals surface area contributed by atoms with Gasteiger partial charge in [0.15, 0.2) is 0 Å². The van der Waals surface area contributed by atoms with Crippen molar-refractivity contribution >= 4 is 0 Å². The zero-order chi connectivity index (χ0) is 10.5. The predicted octanol–water partition coefficient (Wildman–Crippen LogP) is 2.57. The summed E-state index contributed by atoms with van der Waals surface area (Å²) in [5.74, 6) is 0.726. The maximum absolute atomic E-state index is 6.10. The lowest BCUT2D eigenvalue weighted by atomic mass is 9.89. The van der Waals surface area contributed by atoms with Gasteiger partial charge < -0.3 is 10.5 Å². The van der Waals surface area contributed by atoms with E-state index in [0.29, 0.717) is 0 Å². The zero-order valence-corrected chi connectivity index (χ0v) is 9.76. The molecule has 0 amide bonds. The second kappa shape index (κ2) is 5.61. The molecule has 0 saturated carbocycles. The molecule has 0 rings (SSSR count). The van der Waals surface area contributed by atoms with E-state index in [2.05, 4.69) is 27.7 Å². The van der Waals surface area contributed by atoms with Gasteiger partial charge in [0.1, 0.15) is 0 Å². The van der Waals surface area contributed by atoms with Crippen LogP contribution < -0.4 is 5.73 Å². The molecule has 0 aliphatic heterocycles. The van der Waals surface area contributed by atoms with Gasteiger partial charge in [0, 0.05) is 13.2 Å². The molecule has 0 fully saturated rings. The SMILES string of the molecule is CCC(C)(OC)C(N)CCC(C)C. The molecule has 2 heteroatoms. The van der Waals surface area contributed by atoms with Crippen LogP contribution in [0.1, 0.15) is 47.0 Å². The average molecular weight is 187 g/mol. The van der Waals surface area contributed by atoms with Crippen molar-refractivity contribution in [2.24, 2.45) is 11.7 Å². The summed E-state index contributed by atoms with van der Waals surface area (Å²) in [5.41, 5.74) is 5.95. The van der Waals surface area contributed by atoms with E-state index in [1.165, 1.54) is 6.42 Å². The van der Waals surface area contributed by atoms with Crippen molar-refractivity contribution in [1.82, 2.24) is 0 Å². The Morgan fingerprint density at radius 2 is 1.85 bits per heavy atom. The Bertz CT molecular complexity index is 130. The van der Waals surface area contributed by atoms with Crippen LogP contribution in [-0.4, -0.2) is 18.8 Å². The molecule has 0 aromatic rings. The molecule has 2 nitrogen and oxygen atoms in total. The first-order chi connectivity index (χ1) is 5.96. The van der Waals surface area contributed by atoms with Gasteiger partial charge in [-0.1, -0.05) is 20.8 Å². The van der Waals surface area contributed by atoms with Crippen LogP contribution in [0.15, 0.2) is 0 Å².